The van der Waals surface area contributed by atoms with Crippen LogP contribution < -0.4 is 10.2 Å². The number of para-hydroxylation sites is 2. The Morgan fingerprint density at radius 1 is 0.926 bits per heavy atom. The number of nitrogens with zero attached hydrogens (tertiary/aromatic N) is 4. The summed E-state index contributed by atoms with van der Waals surface area (Å²) < 4.78 is 0. The lowest BCUT2D eigenvalue weighted by Crippen LogP contribution is -2.18. The Morgan fingerprint density at radius 3 is 2.56 bits per heavy atom. The molecule has 0 unspecified atom stereocenters. The molecule has 0 aliphatic carbocycles. The molecule has 1 N–H and O–H groups in total. The summed E-state index contributed by atoms with van der Waals surface area (Å²) >= 11 is 0. The smallest absolute Gasteiger partial charge is 0.229 e. The van der Waals surface area contributed by atoms with Gasteiger partial charge < -0.3 is 10.2 Å². The number of benzene rings is 2. The third kappa shape index (κ3) is 3.58. The summed E-state index contributed by atoms with van der Waals surface area (Å²) in [6.07, 6.45) is 1.80. The van der Waals surface area contributed by atoms with E-state index >= 15 is 0 Å². The Bertz CT molecular complexity index is 1060. The van der Waals surface area contributed by atoms with E-state index in [9.17, 15) is 0 Å². The van der Waals surface area contributed by atoms with Crippen molar-refractivity contribution in [2.75, 3.05) is 16.8 Å². The lowest BCUT2D eigenvalue weighted by molar-refractivity contribution is 0.969. The second-order valence-electron chi connectivity index (χ2n) is 6.28. The summed E-state index contributed by atoms with van der Waals surface area (Å²) in [5, 5.41) is 4.43. The maximum absolute atomic E-state index is 4.76. The number of fused-ring (bicyclic) bond motifs is 1. The molecule has 5 nitrogen and oxygen atoms in total. The minimum absolute atomic E-state index is 0.567. The second kappa shape index (κ2) is 7.41. The van der Waals surface area contributed by atoms with Crippen LogP contribution in [0.4, 0.5) is 23.1 Å². The fourth-order valence-corrected chi connectivity index (χ4v) is 3.16. The minimum atomic E-state index is 0.567. The van der Waals surface area contributed by atoms with Crippen molar-refractivity contribution < 1.29 is 0 Å². The summed E-state index contributed by atoms with van der Waals surface area (Å²) in [6.45, 7) is 4.92. The van der Waals surface area contributed by atoms with Crippen molar-refractivity contribution in [1.82, 2.24) is 15.0 Å². The molecule has 0 saturated heterocycles. The molecule has 4 rings (SSSR count). The van der Waals surface area contributed by atoms with Gasteiger partial charge >= 0.3 is 0 Å². The van der Waals surface area contributed by atoms with Gasteiger partial charge in [-0.25, -0.2) is 4.98 Å². The van der Waals surface area contributed by atoms with Crippen LogP contribution in [0.5, 0.6) is 0 Å². The highest BCUT2D eigenvalue weighted by Gasteiger charge is 2.12. The highest BCUT2D eigenvalue weighted by atomic mass is 15.2. The van der Waals surface area contributed by atoms with Gasteiger partial charge in [-0.3, -0.25) is 4.98 Å². The van der Waals surface area contributed by atoms with E-state index in [1.165, 1.54) is 0 Å². The summed E-state index contributed by atoms with van der Waals surface area (Å²) in [6, 6.07) is 22.3. The van der Waals surface area contributed by atoms with Crippen LogP contribution in [0.2, 0.25) is 0 Å². The summed E-state index contributed by atoms with van der Waals surface area (Å²) in [7, 11) is 0. The maximum atomic E-state index is 4.76. The molecule has 0 radical (unpaired) electrons. The van der Waals surface area contributed by atoms with Gasteiger partial charge in [0.25, 0.3) is 0 Å². The van der Waals surface area contributed by atoms with E-state index in [0.29, 0.717) is 5.95 Å². The molecule has 2 aromatic heterocycles. The first kappa shape index (κ1) is 17.0. The molecule has 0 atom stereocenters. The molecule has 0 bridgehead atoms. The fourth-order valence-electron chi connectivity index (χ4n) is 3.16. The van der Waals surface area contributed by atoms with Crippen molar-refractivity contribution in [3.63, 3.8) is 0 Å². The van der Waals surface area contributed by atoms with Crippen molar-refractivity contribution in [3.8, 4) is 0 Å². The molecule has 27 heavy (non-hydrogen) atoms. The van der Waals surface area contributed by atoms with E-state index in [-0.39, 0.29) is 0 Å². The quantitative estimate of drug-likeness (QED) is 0.531. The summed E-state index contributed by atoms with van der Waals surface area (Å²) in [5.41, 5.74) is 3.82. The number of hydrogen-bond donors (Lipinski definition) is 1. The number of nitrogens with one attached hydrogen (secondary N) is 1. The summed E-state index contributed by atoms with van der Waals surface area (Å²) in [4.78, 5) is 16.0. The van der Waals surface area contributed by atoms with Crippen molar-refractivity contribution in [2.24, 2.45) is 0 Å². The van der Waals surface area contributed by atoms with Gasteiger partial charge in [-0.15, -0.1) is 0 Å². The zero-order valence-corrected chi connectivity index (χ0v) is 15.4. The van der Waals surface area contributed by atoms with Gasteiger partial charge in [0, 0.05) is 35.6 Å². The largest absolute Gasteiger partial charge is 0.326 e. The Morgan fingerprint density at radius 2 is 1.74 bits per heavy atom. The van der Waals surface area contributed by atoms with Gasteiger partial charge in [-0.05, 0) is 38.1 Å². The minimum Gasteiger partial charge on any atom is -0.326 e. The highest BCUT2D eigenvalue weighted by Crippen LogP contribution is 2.27. The fraction of sp³-hybridized carbons (Fsp3) is 0.136. The Hall–Kier alpha value is -3.47. The second-order valence-corrected chi connectivity index (χ2v) is 6.28. The van der Waals surface area contributed by atoms with Crippen LogP contribution >= 0.6 is 0 Å². The van der Waals surface area contributed by atoms with Crippen molar-refractivity contribution in [2.45, 2.75) is 13.8 Å². The molecule has 0 aliphatic heterocycles. The van der Waals surface area contributed by atoms with E-state index in [4.69, 9.17) is 4.98 Å². The first-order valence-electron chi connectivity index (χ1n) is 9.03. The predicted molar refractivity (Wildman–Crippen MR) is 111 cm³/mol. The SMILES string of the molecule is CCN(c1ccccc1)c1cc(C)nc(Nc2cccc3cccnc23)n1. The molecule has 0 amide bonds. The molecule has 2 aromatic carbocycles. The summed E-state index contributed by atoms with van der Waals surface area (Å²) in [5.74, 6) is 1.43. The van der Waals surface area contributed by atoms with Crippen LogP contribution in [-0.4, -0.2) is 21.5 Å². The van der Waals surface area contributed by atoms with Crippen molar-refractivity contribution in [1.29, 1.82) is 0 Å². The Balaban J connectivity index is 1.72. The third-order valence-corrected chi connectivity index (χ3v) is 4.38. The van der Waals surface area contributed by atoms with Crippen molar-refractivity contribution in [3.05, 3.63) is 78.6 Å². The Kier molecular flexibility index (Phi) is 4.66. The highest BCUT2D eigenvalue weighted by molar-refractivity contribution is 5.91. The molecule has 0 aliphatic rings. The van der Waals surface area contributed by atoms with E-state index in [1.54, 1.807) is 6.20 Å². The van der Waals surface area contributed by atoms with Crippen molar-refractivity contribution >= 4 is 34.0 Å². The van der Waals surface area contributed by atoms with Gasteiger partial charge in [0.2, 0.25) is 5.95 Å². The van der Waals surface area contributed by atoms with E-state index in [2.05, 4.69) is 39.2 Å². The van der Waals surface area contributed by atoms with Crippen LogP contribution in [0.1, 0.15) is 12.6 Å². The molecule has 0 saturated carbocycles. The van der Waals surface area contributed by atoms with Crippen LogP contribution in [0.3, 0.4) is 0 Å². The molecule has 0 fully saturated rings. The first-order valence-corrected chi connectivity index (χ1v) is 9.03. The van der Waals surface area contributed by atoms with Crippen LogP contribution in [0.25, 0.3) is 10.9 Å². The van der Waals surface area contributed by atoms with Crippen LogP contribution in [0, 0.1) is 6.92 Å². The zero-order chi connectivity index (χ0) is 18.6. The van der Waals surface area contributed by atoms with Crippen LogP contribution in [-0.2, 0) is 0 Å². The molecule has 4 aromatic rings. The lowest BCUT2D eigenvalue weighted by Gasteiger charge is -2.23. The lowest BCUT2D eigenvalue weighted by atomic mass is 10.2. The van der Waals surface area contributed by atoms with Crippen LogP contribution in [0.15, 0.2) is 72.9 Å². The van der Waals surface area contributed by atoms with E-state index < -0.39 is 0 Å². The van der Waals surface area contributed by atoms with Gasteiger partial charge in [0.1, 0.15) is 5.82 Å². The number of aromatic nitrogens is 3. The van der Waals surface area contributed by atoms with Gasteiger partial charge in [-0.1, -0.05) is 36.4 Å². The Labute approximate surface area is 158 Å². The maximum Gasteiger partial charge on any atom is 0.229 e. The van der Waals surface area contributed by atoms with Gasteiger partial charge in [0.15, 0.2) is 0 Å². The number of rotatable bonds is 5. The third-order valence-electron chi connectivity index (χ3n) is 4.38. The molecular weight excluding hydrogens is 334 g/mol. The van der Waals surface area contributed by atoms with E-state index in [0.717, 1.165) is 40.3 Å². The van der Waals surface area contributed by atoms with E-state index in [1.807, 2.05) is 61.5 Å². The number of pyridine rings is 1. The number of aryl methyl sites for hydroxylation is 1. The monoisotopic (exact) mass is 355 g/mol. The average molecular weight is 355 g/mol. The van der Waals surface area contributed by atoms with Gasteiger partial charge in [0.05, 0.1) is 11.2 Å². The molecule has 134 valence electrons. The zero-order valence-electron chi connectivity index (χ0n) is 15.4. The van der Waals surface area contributed by atoms with Gasteiger partial charge in [-0.2, -0.15) is 4.98 Å². The number of hydrogen-bond acceptors (Lipinski definition) is 5. The molecule has 2 heterocycles. The normalized spacial score (nSPS) is 10.7. The standard InChI is InChI=1S/C22H21N5/c1-3-27(18-11-5-4-6-12-18)20-15-16(2)24-22(26-20)25-19-13-7-9-17-10-8-14-23-21(17)19/h4-15H,3H2,1-2H3,(H,24,25,26). The average Bonchev–Trinajstić information content (AvgIpc) is 2.69. The first-order chi connectivity index (χ1) is 13.2. The predicted octanol–water partition coefficient (Wildman–Crippen LogP) is 5.23. The molecular formula is C22H21N5. The number of anilines is 4. The molecule has 5 heteroatoms. The molecule has 0 spiro atoms. The topological polar surface area (TPSA) is 53.9 Å².